The second-order valence-electron chi connectivity index (χ2n) is 3.86. The van der Waals surface area contributed by atoms with E-state index in [0.29, 0.717) is 17.9 Å². The van der Waals surface area contributed by atoms with Crippen LogP contribution in [0.25, 0.3) is 0 Å². The molecule has 1 aromatic rings. The molecule has 0 saturated carbocycles. The molecule has 0 saturated heterocycles. The standard InChI is InChI=1S/C9H14F3N3O2S2/c1-2-3-14-4-6-8(9(10,11)12)15-7(18-6)5-19(13,16)17/h14H,2-5H2,1H3,(H2,13,16,17). The predicted octanol–water partition coefficient (Wildman–Crippen LogP) is 1.45. The highest BCUT2D eigenvalue weighted by molar-refractivity contribution is 7.88. The third-order valence-electron chi connectivity index (χ3n) is 2.05. The van der Waals surface area contributed by atoms with Gasteiger partial charge in [-0.1, -0.05) is 6.92 Å². The Bertz CT molecular complexity index is 525. The largest absolute Gasteiger partial charge is 0.434 e. The van der Waals surface area contributed by atoms with Crippen molar-refractivity contribution in [2.75, 3.05) is 6.54 Å². The molecule has 3 N–H and O–H groups in total. The maximum absolute atomic E-state index is 12.7. The van der Waals surface area contributed by atoms with E-state index in [1.165, 1.54) is 0 Å². The zero-order valence-electron chi connectivity index (χ0n) is 10.1. The van der Waals surface area contributed by atoms with Crippen molar-refractivity contribution >= 4 is 21.4 Å². The Kier molecular flexibility index (Phi) is 5.30. The van der Waals surface area contributed by atoms with Gasteiger partial charge in [0.15, 0.2) is 5.69 Å². The minimum absolute atomic E-state index is 0.00493. The topological polar surface area (TPSA) is 85.1 Å². The summed E-state index contributed by atoms with van der Waals surface area (Å²) in [4.78, 5) is 3.31. The fourth-order valence-electron chi connectivity index (χ4n) is 1.35. The molecule has 1 rings (SSSR count). The summed E-state index contributed by atoms with van der Waals surface area (Å²) in [6.45, 7) is 2.46. The number of nitrogens with one attached hydrogen (secondary N) is 1. The van der Waals surface area contributed by atoms with Gasteiger partial charge in [0, 0.05) is 6.54 Å². The molecule has 1 heterocycles. The molecule has 0 aromatic carbocycles. The number of rotatable bonds is 6. The minimum Gasteiger partial charge on any atom is -0.312 e. The van der Waals surface area contributed by atoms with E-state index in [1.807, 2.05) is 6.92 Å². The van der Waals surface area contributed by atoms with E-state index in [2.05, 4.69) is 10.3 Å². The number of hydrogen-bond acceptors (Lipinski definition) is 5. The van der Waals surface area contributed by atoms with Gasteiger partial charge in [-0.25, -0.2) is 18.5 Å². The highest BCUT2D eigenvalue weighted by Crippen LogP contribution is 2.34. The fraction of sp³-hybridized carbons (Fsp3) is 0.667. The Morgan fingerprint density at radius 3 is 2.53 bits per heavy atom. The van der Waals surface area contributed by atoms with Crippen LogP contribution in [-0.4, -0.2) is 19.9 Å². The van der Waals surface area contributed by atoms with Gasteiger partial charge in [-0.05, 0) is 13.0 Å². The Labute approximate surface area is 113 Å². The fourth-order valence-corrected chi connectivity index (χ4v) is 3.35. The third-order valence-corrected chi connectivity index (χ3v) is 3.96. The molecule has 1 aromatic heterocycles. The van der Waals surface area contributed by atoms with Crippen molar-refractivity contribution in [1.82, 2.24) is 10.3 Å². The molecular weight excluding hydrogens is 303 g/mol. The molecule has 110 valence electrons. The Morgan fingerprint density at radius 1 is 1.42 bits per heavy atom. The van der Waals surface area contributed by atoms with Crippen LogP contribution >= 0.6 is 11.3 Å². The second kappa shape index (κ2) is 6.16. The molecule has 10 heteroatoms. The van der Waals surface area contributed by atoms with Gasteiger partial charge in [0.1, 0.15) is 10.8 Å². The van der Waals surface area contributed by atoms with E-state index < -0.39 is 27.6 Å². The highest BCUT2D eigenvalue weighted by Gasteiger charge is 2.37. The summed E-state index contributed by atoms with van der Waals surface area (Å²) in [7, 11) is -3.89. The van der Waals surface area contributed by atoms with Crippen LogP contribution in [0.1, 0.15) is 28.9 Å². The van der Waals surface area contributed by atoms with E-state index in [0.717, 1.165) is 6.42 Å². The number of halogens is 3. The molecule has 0 aliphatic heterocycles. The lowest BCUT2D eigenvalue weighted by atomic mass is 10.3. The lowest BCUT2D eigenvalue weighted by Gasteiger charge is -2.06. The third kappa shape index (κ3) is 5.43. The number of aromatic nitrogens is 1. The number of nitrogens with two attached hydrogens (primary N) is 1. The van der Waals surface area contributed by atoms with E-state index in [-0.39, 0.29) is 16.4 Å². The van der Waals surface area contributed by atoms with Crippen LogP contribution < -0.4 is 10.5 Å². The summed E-state index contributed by atoms with van der Waals surface area (Å²) in [5, 5.41) is 7.48. The number of hydrogen-bond donors (Lipinski definition) is 2. The van der Waals surface area contributed by atoms with Crippen LogP contribution in [0, 0.1) is 0 Å². The first-order valence-electron chi connectivity index (χ1n) is 5.40. The molecule has 0 aliphatic carbocycles. The summed E-state index contributed by atoms with van der Waals surface area (Å²) < 4.78 is 60.0. The molecular formula is C9H14F3N3O2S2. The predicted molar refractivity (Wildman–Crippen MR) is 65.9 cm³/mol. The van der Waals surface area contributed by atoms with Crippen molar-refractivity contribution in [2.24, 2.45) is 5.14 Å². The molecule has 0 radical (unpaired) electrons. The van der Waals surface area contributed by atoms with Gasteiger partial charge in [-0.2, -0.15) is 13.2 Å². The van der Waals surface area contributed by atoms with Gasteiger partial charge in [-0.15, -0.1) is 11.3 Å². The Balaban J connectivity index is 2.99. The normalized spacial score (nSPS) is 12.9. The van der Waals surface area contributed by atoms with E-state index in [4.69, 9.17) is 5.14 Å². The summed E-state index contributed by atoms with van der Waals surface area (Å²) in [6.07, 6.45) is -3.82. The Hall–Kier alpha value is -0.710. The van der Waals surface area contributed by atoms with Crippen LogP contribution in [0.2, 0.25) is 0 Å². The lowest BCUT2D eigenvalue weighted by Crippen LogP contribution is -2.17. The Morgan fingerprint density at radius 2 is 2.05 bits per heavy atom. The van der Waals surface area contributed by atoms with Gasteiger partial charge in [0.05, 0.1) is 4.88 Å². The molecule has 0 amide bonds. The zero-order valence-corrected chi connectivity index (χ0v) is 11.8. The molecule has 0 spiro atoms. The molecule has 19 heavy (non-hydrogen) atoms. The number of thiazole rings is 1. The van der Waals surface area contributed by atoms with Gasteiger partial charge in [0.2, 0.25) is 10.0 Å². The van der Waals surface area contributed by atoms with Crippen LogP contribution in [0.5, 0.6) is 0 Å². The van der Waals surface area contributed by atoms with Gasteiger partial charge in [-0.3, -0.25) is 0 Å². The van der Waals surface area contributed by atoms with Crippen molar-refractivity contribution in [3.05, 3.63) is 15.6 Å². The van der Waals surface area contributed by atoms with Crippen LogP contribution in [-0.2, 0) is 28.5 Å². The molecule has 0 bridgehead atoms. The van der Waals surface area contributed by atoms with Crippen LogP contribution in [0.4, 0.5) is 13.2 Å². The van der Waals surface area contributed by atoms with E-state index in [9.17, 15) is 21.6 Å². The van der Waals surface area contributed by atoms with Crippen LogP contribution in [0.3, 0.4) is 0 Å². The van der Waals surface area contributed by atoms with Gasteiger partial charge >= 0.3 is 6.18 Å². The van der Waals surface area contributed by atoms with Crippen molar-refractivity contribution in [3.63, 3.8) is 0 Å². The van der Waals surface area contributed by atoms with Crippen LogP contribution in [0.15, 0.2) is 0 Å². The van der Waals surface area contributed by atoms with Gasteiger partial charge in [0.25, 0.3) is 0 Å². The first-order chi connectivity index (χ1) is 8.63. The van der Waals surface area contributed by atoms with Crippen molar-refractivity contribution < 1.29 is 21.6 Å². The maximum atomic E-state index is 12.7. The maximum Gasteiger partial charge on any atom is 0.434 e. The van der Waals surface area contributed by atoms with E-state index >= 15 is 0 Å². The number of nitrogens with zero attached hydrogens (tertiary/aromatic N) is 1. The zero-order chi connectivity index (χ0) is 14.7. The number of alkyl halides is 3. The molecule has 0 unspecified atom stereocenters. The summed E-state index contributed by atoms with van der Waals surface area (Å²) in [5.74, 6) is -0.686. The lowest BCUT2D eigenvalue weighted by molar-refractivity contribution is -0.141. The first-order valence-corrected chi connectivity index (χ1v) is 7.93. The summed E-state index contributed by atoms with van der Waals surface area (Å²) >= 11 is 0.711. The van der Waals surface area contributed by atoms with Crippen molar-refractivity contribution in [1.29, 1.82) is 0 Å². The minimum atomic E-state index is -4.60. The number of primary sulfonamides is 1. The average Bonchev–Trinajstić information content (AvgIpc) is 2.58. The molecule has 5 nitrogen and oxygen atoms in total. The van der Waals surface area contributed by atoms with Crippen molar-refractivity contribution in [2.45, 2.75) is 31.8 Å². The highest BCUT2D eigenvalue weighted by atomic mass is 32.2. The SMILES string of the molecule is CCCNCc1sc(CS(N)(=O)=O)nc1C(F)(F)F. The second-order valence-corrected chi connectivity index (χ2v) is 6.64. The monoisotopic (exact) mass is 317 g/mol. The molecule has 0 atom stereocenters. The quantitative estimate of drug-likeness (QED) is 0.778. The smallest absolute Gasteiger partial charge is 0.312 e. The average molecular weight is 317 g/mol. The molecule has 0 fully saturated rings. The van der Waals surface area contributed by atoms with Gasteiger partial charge < -0.3 is 5.32 Å². The summed E-state index contributed by atoms with van der Waals surface area (Å²) in [5.41, 5.74) is -1.04. The first kappa shape index (κ1) is 16.3. The number of sulfonamides is 1. The van der Waals surface area contributed by atoms with Crippen molar-refractivity contribution in [3.8, 4) is 0 Å². The molecule has 0 aliphatic rings. The summed E-state index contributed by atoms with van der Waals surface area (Å²) in [6, 6.07) is 0. The van der Waals surface area contributed by atoms with E-state index in [1.54, 1.807) is 0 Å².